The molecule has 1 amide bonds. The monoisotopic (exact) mass is 384 g/mol. The molecule has 0 saturated carbocycles. The number of carbonyl (C=O) groups excluding carboxylic acids is 1. The number of hydrogen-bond acceptors (Lipinski definition) is 4. The van der Waals surface area contributed by atoms with Gasteiger partial charge in [0.25, 0.3) is 11.5 Å². The minimum Gasteiger partial charge on any atom is -0.344 e. The molecule has 0 saturated heterocycles. The highest BCUT2D eigenvalue weighted by atomic mass is 16.1. The lowest BCUT2D eigenvalue weighted by Gasteiger charge is -2.14. The van der Waals surface area contributed by atoms with Crippen molar-refractivity contribution in [2.75, 3.05) is 0 Å². The first-order valence-electron chi connectivity index (χ1n) is 9.35. The Morgan fingerprint density at radius 3 is 2.45 bits per heavy atom. The number of benzene rings is 2. The molecule has 0 radical (unpaired) electrons. The zero-order valence-corrected chi connectivity index (χ0v) is 16.2. The van der Waals surface area contributed by atoms with Crippen molar-refractivity contribution in [3.05, 3.63) is 100 Å². The van der Waals surface area contributed by atoms with Crippen LogP contribution < -0.4 is 10.9 Å². The van der Waals surface area contributed by atoms with Gasteiger partial charge in [0.1, 0.15) is 5.82 Å². The van der Waals surface area contributed by atoms with E-state index in [2.05, 4.69) is 15.3 Å². The molecule has 0 aliphatic carbocycles. The summed E-state index contributed by atoms with van der Waals surface area (Å²) < 4.78 is 1.56. The van der Waals surface area contributed by atoms with Crippen molar-refractivity contribution in [1.29, 1.82) is 0 Å². The number of pyridine rings is 1. The Bertz CT molecular complexity index is 1230. The number of hydrogen-bond donors (Lipinski definition) is 1. The maximum atomic E-state index is 12.9. The molecule has 0 spiro atoms. The Kier molecular flexibility index (Phi) is 4.91. The van der Waals surface area contributed by atoms with E-state index < -0.39 is 0 Å². The van der Waals surface area contributed by atoms with E-state index in [9.17, 15) is 9.59 Å². The number of para-hydroxylation sites is 1. The lowest BCUT2D eigenvalue weighted by Crippen LogP contribution is -2.27. The van der Waals surface area contributed by atoms with Crippen LogP contribution in [-0.2, 0) is 0 Å². The molecule has 1 unspecified atom stereocenters. The van der Waals surface area contributed by atoms with Gasteiger partial charge < -0.3 is 5.32 Å². The average molecular weight is 384 g/mol. The van der Waals surface area contributed by atoms with Gasteiger partial charge in [0.15, 0.2) is 0 Å². The number of fused-ring (bicyclic) bond motifs is 1. The van der Waals surface area contributed by atoms with Gasteiger partial charge in [-0.2, -0.15) is 0 Å². The van der Waals surface area contributed by atoms with Crippen LogP contribution in [0.3, 0.4) is 0 Å². The van der Waals surface area contributed by atoms with Gasteiger partial charge in [-0.15, -0.1) is 0 Å². The molecule has 0 aliphatic heterocycles. The number of nitrogens with zero attached hydrogens (tertiary/aromatic N) is 3. The van der Waals surface area contributed by atoms with Crippen LogP contribution in [0, 0.1) is 6.92 Å². The summed E-state index contributed by atoms with van der Waals surface area (Å²) in [5, 5.41) is 3.50. The number of rotatable bonds is 4. The summed E-state index contributed by atoms with van der Waals surface area (Å²) in [7, 11) is 0. The van der Waals surface area contributed by atoms with Crippen LogP contribution in [0.1, 0.15) is 34.8 Å². The predicted molar refractivity (Wildman–Crippen MR) is 112 cm³/mol. The molecule has 4 aromatic rings. The SMILES string of the molecule is Cc1nc2ccccc2c(=O)n1-c1ccc(C(=O)NC(C)c2ccccn2)cc1. The van der Waals surface area contributed by atoms with Crippen molar-refractivity contribution in [2.24, 2.45) is 0 Å². The number of carbonyl (C=O) groups is 1. The molecule has 144 valence electrons. The quantitative estimate of drug-likeness (QED) is 0.583. The summed E-state index contributed by atoms with van der Waals surface area (Å²) >= 11 is 0. The second kappa shape index (κ2) is 7.67. The van der Waals surface area contributed by atoms with E-state index in [-0.39, 0.29) is 17.5 Å². The van der Waals surface area contributed by atoms with E-state index in [0.717, 1.165) is 5.69 Å². The molecule has 2 aromatic heterocycles. The lowest BCUT2D eigenvalue weighted by molar-refractivity contribution is 0.0939. The first-order valence-corrected chi connectivity index (χ1v) is 9.35. The van der Waals surface area contributed by atoms with E-state index in [1.54, 1.807) is 48.0 Å². The fraction of sp³-hybridized carbons (Fsp3) is 0.130. The number of nitrogens with one attached hydrogen (secondary N) is 1. The van der Waals surface area contributed by atoms with E-state index in [1.807, 2.05) is 43.3 Å². The zero-order chi connectivity index (χ0) is 20.4. The maximum absolute atomic E-state index is 12.9. The van der Waals surface area contributed by atoms with Gasteiger partial charge >= 0.3 is 0 Å². The number of amides is 1. The van der Waals surface area contributed by atoms with E-state index in [0.29, 0.717) is 28.0 Å². The molecule has 2 heterocycles. The third-order valence-electron chi connectivity index (χ3n) is 4.81. The molecule has 6 nitrogen and oxygen atoms in total. The molecule has 0 aliphatic rings. The van der Waals surface area contributed by atoms with Gasteiger partial charge in [-0.1, -0.05) is 18.2 Å². The van der Waals surface area contributed by atoms with Crippen molar-refractivity contribution in [3.63, 3.8) is 0 Å². The van der Waals surface area contributed by atoms with Gasteiger partial charge in [0.05, 0.1) is 28.3 Å². The van der Waals surface area contributed by atoms with Crippen LogP contribution in [-0.4, -0.2) is 20.4 Å². The van der Waals surface area contributed by atoms with Gasteiger partial charge in [-0.3, -0.25) is 19.1 Å². The highest BCUT2D eigenvalue weighted by molar-refractivity contribution is 5.94. The zero-order valence-electron chi connectivity index (χ0n) is 16.2. The fourth-order valence-corrected chi connectivity index (χ4v) is 3.30. The summed E-state index contributed by atoms with van der Waals surface area (Å²) in [5.41, 5.74) is 2.51. The number of aromatic nitrogens is 3. The Hall–Kier alpha value is -3.80. The van der Waals surface area contributed by atoms with Crippen LogP contribution >= 0.6 is 0 Å². The van der Waals surface area contributed by atoms with Gasteiger partial charge in [-0.05, 0) is 62.4 Å². The average Bonchev–Trinajstić information content (AvgIpc) is 2.75. The van der Waals surface area contributed by atoms with E-state index in [1.165, 1.54) is 0 Å². The second-order valence-corrected chi connectivity index (χ2v) is 6.81. The standard InChI is InChI=1S/C23H20N4O2/c1-15(20-8-5-6-14-24-20)25-22(28)17-10-12-18(13-11-17)27-16(2)26-21-9-4-3-7-19(21)23(27)29/h3-15H,1-2H3,(H,25,28). The largest absolute Gasteiger partial charge is 0.344 e. The van der Waals surface area contributed by atoms with Crippen molar-refractivity contribution in [2.45, 2.75) is 19.9 Å². The number of aryl methyl sites for hydroxylation is 1. The summed E-state index contributed by atoms with van der Waals surface area (Å²) in [6.07, 6.45) is 1.70. The molecule has 0 fully saturated rings. The first-order chi connectivity index (χ1) is 14.0. The topological polar surface area (TPSA) is 76.9 Å². The molecular weight excluding hydrogens is 364 g/mol. The minimum atomic E-state index is -0.210. The molecule has 29 heavy (non-hydrogen) atoms. The van der Waals surface area contributed by atoms with Crippen LogP contribution in [0.2, 0.25) is 0 Å². The van der Waals surface area contributed by atoms with Crippen LogP contribution in [0.4, 0.5) is 0 Å². The lowest BCUT2D eigenvalue weighted by atomic mass is 10.1. The summed E-state index contributed by atoms with van der Waals surface area (Å²) in [6, 6.07) is 19.6. The molecule has 4 rings (SSSR count). The second-order valence-electron chi connectivity index (χ2n) is 6.81. The van der Waals surface area contributed by atoms with Crippen LogP contribution in [0.25, 0.3) is 16.6 Å². The van der Waals surface area contributed by atoms with Crippen molar-refractivity contribution >= 4 is 16.8 Å². The van der Waals surface area contributed by atoms with Crippen LogP contribution in [0.5, 0.6) is 0 Å². The van der Waals surface area contributed by atoms with Crippen molar-refractivity contribution in [3.8, 4) is 5.69 Å². The third kappa shape index (κ3) is 3.65. The Balaban J connectivity index is 1.61. The fourth-order valence-electron chi connectivity index (χ4n) is 3.30. The van der Waals surface area contributed by atoms with E-state index in [4.69, 9.17) is 0 Å². The third-order valence-corrected chi connectivity index (χ3v) is 4.81. The van der Waals surface area contributed by atoms with Gasteiger partial charge in [-0.25, -0.2) is 4.98 Å². The van der Waals surface area contributed by atoms with Crippen molar-refractivity contribution in [1.82, 2.24) is 19.9 Å². The first kappa shape index (κ1) is 18.6. The normalized spacial score (nSPS) is 11.9. The van der Waals surface area contributed by atoms with Gasteiger partial charge in [0.2, 0.25) is 0 Å². The molecule has 6 heteroatoms. The van der Waals surface area contributed by atoms with E-state index >= 15 is 0 Å². The van der Waals surface area contributed by atoms with Crippen molar-refractivity contribution < 1.29 is 4.79 Å². The molecular formula is C23H20N4O2. The highest BCUT2D eigenvalue weighted by Crippen LogP contribution is 2.15. The Labute approximate surface area is 167 Å². The minimum absolute atomic E-state index is 0.130. The Morgan fingerprint density at radius 2 is 1.72 bits per heavy atom. The molecule has 0 bridgehead atoms. The smallest absolute Gasteiger partial charge is 0.265 e. The summed E-state index contributed by atoms with van der Waals surface area (Å²) in [5.74, 6) is 0.394. The van der Waals surface area contributed by atoms with Gasteiger partial charge in [0, 0.05) is 11.8 Å². The van der Waals surface area contributed by atoms with Crippen LogP contribution in [0.15, 0.2) is 77.7 Å². The summed E-state index contributed by atoms with van der Waals surface area (Å²) in [4.78, 5) is 34.3. The maximum Gasteiger partial charge on any atom is 0.265 e. The molecule has 1 atom stereocenters. The summed E-state index contributed by atoms with van der Waals surface area (Å²) in [6.45, 7) is 3.68. The highest BCUT2D eigenvalue weighted by Gasteiger charge is 2.14. The molecule has 2 aromatic carbocycles. The molecule has 1 N–H and O–H groups in total. The predicted octanol–water partition coefficient (Wildman–Crippen LogP) is 3.58. The Morgan fingerprint density at radius 1 is 1.00 bits per heavy atom.